The van der Waals surface area contributed by atoms with Crippen molar-refractivity contribution >= 4 is 20.3 Å². The third-order valence-corrected chi connectivity index (χ3v) is 0. The van der Waals surface area contributed by atoms with Gasteiger partial charge in [0, 0.05) is 1.43 Å². The van der Waals surface area contributed by atoms with Crippen LogP contribution in [0.4, 0.5) is 0 Å². The van der Waals surface area contributed by atoms with Gasteiger partial charge in [0.25, 0.3) is 0 Å². The molecule has 0 bridgehead atoms. The maximum absolute atomic E-state index is 8.00. The van der Waals surface area contributed by atoms with Crippen molar-refractivity contribution in [3.05, 3.63) is 0 Å². The van der Waals surface area contributed by atoms with E-state index in [-0.39, 0.29) is 14.9 Å². The highest BCUT2D eigenvalue weighted by Gasteiger charge is 0.932. The summed E-state index contributed by atoms with van der Waals surface area (Å²) >= 11 is 0. The van der Waals surface area contributed by atoms with Crippen molar-refractivity contribution in [1.29, 1.82) is 0 Å². The summed E-state index contributed by atoms with van der Waals surface area (Å²) in [5, 5.41) is 0. The van der Waals surface area contributed by atoms with Gasteiger partial charge in [0.05, 0.1) is 0 Å². The third kappa shape index (κ3) is 41000. The van der Waals surface area contributed by atoms with E-state index in [0.29, 0.717) is 0 Å². The van der Waals surface area contributed by atoms with Gasteiger partial charge in [-0.1, -0.05) is 13.8 Å². The van der Waals surface area contributed by atoms with Crippen LogP contribution in [-0.4, -0.2) is 6.79 Å². The number of carbonyl (C=O) groups excluding carboxylic acids is 1. The van der Waals surface area contributed by atoms with E-state index >= 15 is 0 Å². The summed E-state index contributed by atoms with van der Waals surface area (Å²) in [5.74, 6) is 0. The van der Waals surface area contributed by atoms with Gasteiger partial charge in [-0.2, -0.15) is 13.5 Å². The topological polar surface area (TPSA) is 17.1 Å². The van der Waals surface area contributed by atoms with Gasteiger partial charge in [-0.25, -0.2) is 0 Å². The Morgan fingerprint density at radius 3 is 1.40 bits per heavy atom. The van der Waals surface area contributed by atoms with E-state index in [9.17, 15) is 0 Å². The summed E-state index contributed by atoms with van der Waals surface area (Å²) in [4.78, 5) is 8.00. The van der Waals surface area contributed by atoms with Crippen LogP contribution < -0.4 is 0 Å². The quantitative estimate of drug-likeness (QED) is 0.445. The van der Waals surface area contributed by atoms with E-state index in [1.165, 1.54) is 0 Å². The lowest BCUT2D eigenvalue weighted by molar-refractivity contribution is -0.0979. The minimum Gasteiger partial charge on any atom is -0.307 e. The van der Waals surface area contributed by atoms with Crippen molar-refractivity contribution < 1.29 is 6.22 Å². The molecule has 0 fully saturated rings. The highest BCUT2D eigenvalue weighted by molar-refractivity contribution is 7.59. The Kier molecular flexibility index (Phi) is 364000. The second-order valence-corrected chi connectivity index (χ2v) is 0. The van der Waals surface area contributed by atoms with Crippen LogP contribution in [0.25, 0.3) is 0 Å². The summed E-state index contributed by atoms with van der Waals surface area (Å²) in [6.07, 6.45) is 0. The van der Waals surface area contributed by atoms with Crippen molar-refractivity contribution in [2.75, 3.05) is 0 Å². The first-order valence-electron chi connectivity index (χ1n) is 1.29. The maximum atomic E-state index is 8.00. The fourth-order valence-electron chi connectivity index (χ4n) is 0. The Balaban J connectivity index is -0.00000000500. The van der Waals surface area contributed by atoms with Gasteiger partial charge in [0.2, 0.25) is 0 Å². The average Bonchev–Trinajstić information content (AvgIpc) is 1.50. The van der Waals surface area contributed by atoms with E-state index < -0.39 is 0 Å². The molecule has 0 aromatic carbocycles. The molecule has 0 aromatic heterocycles. The largest absolute Gasteiger partial charge is 0.307 e. The van der Waals surface area contributed by atoms with Crippen molar-refractivity contribution in [2.24, 2.45) is 0 Å². The Labute approximate surface area is 41.3 Å². The SMILES string of the molecule is C=O.CC.S.[3HH]. The van der Waals surface area contributed by atoms with Gasteiger partial charge in [-0.05, 0) is 0 Å². The molecule has 0 radical (unpaired) electrons. The van der Waals surface area contributed by atoms with E-state index in [1.807, 2.05) is 20.6 Å². The third-order valence-electron chi connectivity index (χ3n) is 0. The number of rotatable bonds is 0. The molecule has 0 saturated heterocycles. The first-order valence-corrected chi connectivity index (χ1v) is 1.29. The molecule has 2 heteroatoms. The molecule has 0 aliphatic carbocycles. The Morgan fingerprint density at radius 1 is 1.40 bits per heavy atom. The van der Waals surface area contributed by atoms with Gasteiger partial charge >= 0.3 is 0 Å². The summed E-state index contributed by atoms with van der Waals surface area (Å²) in [5.41, 5.74) is 0. The highest BCUT2D eigenvalue weighted by atomic mass is 32.1. The molecule has 1 nitrogen and oxygen atoms in total. The molecule has 0 unspecified atom stereocenters. The van der Waals surface area contributed by atoms with Crippen LogP contribution in [-0.2, 0) is 4.79 Å². The normalized spacial score (nSPS) is 2.00. The molecule has 0 aliphatic heterocycles. The molecule has 0 spiro atoms. The van der Waals surface area contributed by atoms with Crippen LogP contribution in [0.5, 0.6) is 0 Å². The summed E-state index contributed by atoms with van der Waals surface area (Å²) < 4.78 is 0. The van der Waals surface area contributed by atoms with Crippen molar-refractivity contribution in [3.63, 3.8) is 0 Å². The lowest BCUT2D eigenvalue weighted by Gasteiger charge is -1.07. The highest BCUT2D eigenvalue weighted by Crippen LogP contribution is 1.14. The molecule has 5 heavy (non-hydrogen) atoms. The summed E-state index contributed by atoms with van der Waals surface area (Å²) in [7, 11) is 0. The number of hydrogen-bond acceptors (Lipinski definition) is 1. The Morgan fingerprint density at radius 2 is 1.40 bits per heavy atom. The van der Waals surface area contributed by atoms with Crippen molar-refractivity contribution in [1.82, 2.24) is 0 Å². The molecular formula is C3H12OS. The van der Waals surface area contributed by atoms with Gasteiger partial charge in [0.1, 0.15) is 6.79 Å². The molecule has 0 rings (SSSR count). The molecule has 0 N–H and O–H groups in total. The average molecular weight is 98.2 g/mol. The zero-order valence-corrected chi connectivity index (χ0v) is 4.62. The molecule has 0 aromatic rings. The molecule has 36 valence electrons. The monoisotopic (exact) mass is 98.1 g/mol. The summed E-state index contributed by atoms with van der Waals surface area (Å²) in [6.45, 7) is 6.00. The van der Waals surface area contributed by atoms with E-state index in [1.54, 1.807) is 0 Å². The predicted octanol–water partition coefficient (Wildman–Crippen LogP) is 1.20. The fraction of sp³-hybridized carbons (Fsp3) is 0.667. The Bertz CT molecular complexity index is 10.8. The lowest BCUT2D eigenvalue weighted by atomic mass is 11.0. The zero-order valence-electron chi connectivity index (χ0n) is 3.62. The molecule has 0 saturated carbocycles. The lowest BCUT2D eigenvalue weighted by Crippen LogP contribution is -0.925. The van der Waals surface area contributed by atoms with Gasteiger partial charge in [-0.15, -0.1) is 0 Å². The predicted molar refractivity (Wildman–Crippen MR) is 31.0 cm³/mol. The van der Waals surface area contributed by atoms with E-state index in [4.69, 9.17) is 4.79 Å². The Hall–Kier alpha value is 0.0200. The molecule has 0 heterocycles. The second-order valence-electron chi connectivity index (χ2n) is 0. The van der Waals surface area contributed by atoms with Crippen molar-refractivity contribution in [2.45, 2.75) is 13.8 Å². The van der Waals surface area contributed by atoms with Gasteiger partial charge in [-0.3, -0.25) is 0 Å². The van der Waals surface area contributed by atoms with Gasteiger partial charge in [0.15, 0.2) is 0 Å². The molecular weight excluding hydrogens is 84.1 g/mol. The maximum Gasteiger partial charge on any atom is 0.106 e. The minimum absolute atomic E-state index is 0. The smallest absolute Gasteiger partial charge is 0.106 e. The van der Waals surface area contributed by atoms with Crippen molar-refractivity contribution in [3.8, 4) is 0 Å². The summed E-state index contributed by atoms with van der Waals surface area (Å²) in [6, 6.07) is 0. The van der Waals surface area contributed by atoms with Crippen LogP contribution in [0.2, 0.25) is 0 Å². The minimum atomic E-state index is 0. The van der Waals surface area contributed by atoms with Gasteiger partial charge < -0.3 is 4.79 Å². The molecule has 0 amide bonds. The van der Waals surface area contributed by atoms with Crippen LogP contribution in [0.1, 0.15) is 15.3 Å². The van der Waals surface area contributed by atoms with Crippen LogP contribution in [0.3, 0.4) is 0 Å². The zero-order chi connectivity index (χ0) is 4.00. The standard InChI is InChI=1S/C2H6.CH2O.H2S.H2/c2*1-2;;/h1-2H3;1H2;1H2;1H/i;;;1+2. The fourth-order valence-corrected chi connectivity index (χ4v) is 0. The molecule has 0 aliphatic rings. The van der Waals surface area contributed by atoms with E-state index in [2.05, 4.69) is 0 Å². The van der Waals surface area contributed by atoms with Crippen LogP contribution in [0, 0.1) is 0 Å². The number of hydrogen-bond donors (Lipinski definition) is 0. The van der Waals surface area contributed by atoms with Crippen LogP contribution in [0.15, 0.2) is 0 Å². The number of carbonyl (C=O) groups is 1. The first-order chi connectivity index (χ1) is 2.00. The molecule has 0 atom stereocenters. The van der Waals surface area contributed by atoms with Crippen LogP contribution >= 0.6 is 13.5 Å². The second kappa shape index (κ2) is 91700. The first kappa shape index (κ1) is 19.9. The van der Waals surface area contributed by atoms with E-state index in [0.717, 1.165) is 0 Å².